The topological polar surface area (TPSA) is 58.6 Å². The molecule has 0 bridgehead atoms. The zero-order chi connectivity index (χ0) is 13.6. The SMILES string of the molecule is COCCN1C(=O)C(C)(C)NC(=O)C1(C)C1CC1. The molecule has 1 aliphatic heterocycles. The summed E-state index contributed by atoms with van der Waals surface area (Å²) >= 11 is 0. The Kier molecular flexibility index (Phi) is 3.13. The van der Waals surface area contributed by atoms with Crippen LogP contribution in [-0.4, -0.2) is 48.1 Å². The molecule has 0 spiro atoms. The molecular weight excluding hydrogens is 232 g/mol. The molecule has 1 heterocycles. The number of nitrogens with one attached hydrogen (secondary N) is 1. The van der Waals surface area contributed by atoms with E-state index in [9.17, 15) is 9.59 Å². The van der Waals surface area contributed by atoms with Crippen LogP contribution in [0.25, 0.3) is 0 Å². The molecule has 1 saturated carbocycles. The van der Waals surface area contributed by atoms with Gasteiger partial charge in [-0.1, -0.05) is 0 Å². The average molecular weight is 254 g/mol. The van der Waals surface area contributed by atoms with Crippen molar-refractivity contribution in [1.29, 1.82) is 0 Å². The second-order valence-corrected chi connectivity index (χ2v) is 5.95. The third-order valence-electron chi connectivity index (χ3n) is 4.12. The Morgan fingerprint density at radius 2 is 1.94 bits per heavy atom. The molecule has 5 nitrogen and oxygen atoms in total. The quantitative estimate of drug-likeness (QED) is 0.796. The van der Waals surface area contributed by atoms with Gasteiger partial charge < -0.3 is 15.0 Å². The Morgan fingerprint density at radius 1 is 1.33 bits per heavy atom. The number of methoxy groups -OCH3 is 1. The summed E-state index contributed by atoms with van der Waals surface area (Å²) in [5, 5.41) is 2.85. The van der Waals surface area contributed by atoms with E-state index in [1.54, 1.807) is 25.9 Å². The number of piperazine rings is 1. The maximum Gasteiger partial charge on any atom is 0.248 e. The summed E-state index contributed by atoms with van der Waals surface area (Å²) < 4.78 is 5.06. The number of carbonyl (C=O) groups excluding carboxylic acids is 2. The zero-order valence-electron chi connectivity index (χ0n) is 11.6. The summed E-state index contributed by atoms with van der Waals surface area (Å²) in [6.07, 6.45) is 2.03. The van der Waals surface area contributed by atoms with Crippen LogP contribution in [0, 0.1) is 5.92 Å². The van der Waals surface area contributed by atoms with Gasteiger partial charge in [-0.15, -0.1) is 0 Å². The van der Waals surface area contributed by atoms with E-state index in [2.05, 4.69) is 5.32 Å². The Bertz CT molecular complexity index is 376. The van der Waals surface area contributed by atoms with Crippen LogP contribution in [0.2, 0.25) is 0 Å². The normalized spacial score (nSPS) is 31.4. The van der Waals surface area contributed by atoms with Gasteiger partial charge >= 0.3 is 0 Å². The molecule has 102 valence electrons. The molecule has 2 fully saturated rings. The first-order valence-corrected chi connectivity index (χ1v) is 6.47. The molecule has 5 heteroatoms. The molecule has 2 aliphatic rings. The monoisotopic (exact) mass is 254 g/mol. The Balaban J connectivity index is 2.31. The molecule has 18 heavy (non-hydrogen) atoms. The second kappa shape index (κ2) is 4.23. The van der Waals surface area contributed by atoms with Gasteiger partial charge in [0.2, 0.25) is 11.8 Å². The third-order valence-corrected chi connectivity index (χ3v) is 4.12. The van der Waals surface area contributed by atoms with Gasteiger partial charge in [-0.05, 0) is 39.5 Å². The maximum atomic E-state index is 12.5. The summed E-state index contributed by atoms with van der Waals surface area (Å²) in [5.41, 5.74) is -1.52. The van der Waals surface area contributed by atoms with Crippen molar-refractivity contribution in [3.63, 3.8) is 0 Å². The highest BCUT2D eigenvalue weighted by molar-refractivity contribution is 6.02. The minimum atomic E-state index is -0.820. The molecule has 1 N–H and O–H groups in total. The molecule has 1 saturated heterocycles. The number of ether oxygens (including phenoxy) is 1. The summed E-state index contributed by atoms with van der Waals surface area (Å²) in [6.45, 7) is 6.30. The summed E-state index contributed by atoms with van der Waals surface area (Å²) in [4.78, 5) is 26.6. The fraction of sp³-hybridized carbons (Fsp3) is 0.846. The van der Waals surface area contributed by atoms with Crippen LogP contribution in [0.5, 0.6) is 0 Å². The number of carbonyl (C=O) groups is 2. The van der Waals surface area contributed by atoms with E-state index in [0.29, 0.717) is 13.2 Å². The molecule has 0 aromatic rings. The number of hydrogen-bond acceptors (Lipinski definition) is 3. The fourth-order valence-corrected chi connectivity index (χ4v) is 2.70. The van der Waals surface area contributed by atoms with Crippen molar-refractivity contribution in [2.75, 3.05) is 20.3 Å². The molecule has 2 amide bonds. The van der Waals surface area contributed by atoms with Gasteiger partial charge in [0.05, 0.1) is 6.61 Å². The molecule has 0 aromatic heterocycles. The second-order valence-electron chi connectivity index (χ2n) is 5.95. The van der Waals surface area contributed by atoms with Gasteiger partial charge in [0, 0.05) is 13.7 Å². The van der Waals surface area contributed by atoms with Crippen LogP contribution in [0.3, 0.4) is 0 Å². The summed E-state index contributed by atoms with van der Waals surface area (Å²) in [6, 6.07) is 0. The number of amides is 2. The molecule has 1 unspecified atom stereocenters. The Labute approximate surface area is 108 Å². The van der Waals surface area contributed by atoms with Gasteiger partial charge in [-0.3, -0.25) is 9.59 Å². The van der Waals surface area contributed by atoms with Crippen LogP contribution < -0.4 is 5.32 Å². The highest BCUT2D eigenvalue weighted by atomic mass is 16.5. The summed E-state index contributed by atoms with van der Waals surface area (Å²) in [7, 11) is 1.61. The van der Waals surface area contributed by atoms with Gasteiger partial charge in [0.1, 0.15) is 11.1 Å². The molecule has 1 aliphatic carbocycles. The lowest BCUT2D eigenvalue weighted by atomic mass is 9.84. The lowest BCUT2D eigenvalue weighted by molar-refractivity contribution is -0.163. The van der Waals surface area contributed by atoms with Crippen LogP contribution >= 0.6 is 0 Å². The van der Waals surface area contributed by atoms with Crippen LogP contribution in [0.1, 0.15) is 33.6 Å². The first-order valence-electron chi connectivity index (χ1n) is 6.47. The van der Waals surface area contributed by atoms with Gasteiger partial charge in [-0.25, -0.2) is 0 Å². The third kappa shape index (κ3) is 1.90. The Morgan fingerprint density at radius 3 is 2.44 bits per heavy atom. The average Bonchev–Trinajstić information content (AvgIpc) is 3.10. The van der Waals surface area contributed by atoms with E-state index in [-0.39, 0.29) is 17.7 Å². The van der Waals surface area contributed by atoms with Crippen molar-refractivity contribution < 1.29 is 14.3 Å². The smallest absolute Gasteiger partial charge is 0.248 e. The Hall–Kier alpha value is -1.10. The predicted molar refractivity (Wildman–Crippen MR) is 66.9 cm³/mol. The van der Waals surface area contributed by atoms with Crippen molar-refractivity contribution in [2.45, 2.75) is 44.7 Å². The van der Waals surface area contributed by atoms with E-state index in [1.165, 1.54) is 0 Å². The first kappa shape index (κ1) is 13.3. The van der Waals surface area contributed by atoms with Crippen molar-refractivity contribution >= 4 is 11.8 Å². The van der Waals surface area contributed by atoms with E-state index < -0.39 is 11.1 Å². The molecule has 2 rings (SSSR count). The maximum absolute atomic E-state index is 12.5. The highest BCUT2D eigenvalue weighted by Crippen LogP contribution is 2.45. The largest absolute Gasteiger partial charge is 0.383 e. The number of rotatable bonds is 4. The molecule has 0 radical (unpaired) electrons. The van der Waals surface area contributed by atoms with Crippen LogP contribution in [-0.2, 0) is 14.3 Å². The van der Waals surface area contributed by atoms with Crippen LogP contribution in [0.15, 0.2) is 0 Å². The van der Waals surface area contributed by atoms with Crippen molar-refractivity contribution in [3.05, 3.63) is 0 Å². The minimum absolute atomic E-state index is 0.0199. The zero-order valence-corrected chi connectivity index (χ0v) is 11.6. The lowest BCUT2D eigenvalue weighted by Crippen LogP contribution is -2.74. The van der Waals surface area contributed by atoms with E-state index in [4.69, 9.17) is 4.74 Å². The van der Waals surface area contributed by atoms with Gasteiger partial charge in [0.15, 0.2) is 0 Å². The fourth-order valence-electron chi connectivity index (χ4n) is 2.70. The lowest BCUT2D eigenvalue weighted by Gasteiger charge is -2.49. The highest BCUT2D eigenvalue weighted by Gasteiger charge is 2.58. The molecular formula is C13H22N2O3. The first-order chi connectivity index (χ1) is 8.34. The number of hydrogen-bond donors (Lipinski definition) is 1. The van der Waals surface area contributed by atoms with E-state index in [0.717, 1.165) is 12.8 Å². The molecule has 1 atom stereocenters. The van der Waals surface area contributed by atoms with Gasteiger partial charge in [0.25, 0.3) is 0 Å². The van der Waals surface area contributed by atoms with Gasteiger partial charge in [-0.2, -0.15) is 0 Å². The van der Waals surface area contributed by atoms with E-state index >= 15 is 0 Å². The number of nitrogens with zero attached hydrogens (tertiary/aromatic N) is 1. The van der Waals surface area contributed by atoms with Crippen LogP contribution in [0.4, 0.5) is 0 Å². The predicted octanol–water partition coefficient (Wildman–Crippen LogP) is 0.538. The van der Waals surface area contributed by atoms with Crippen molar-refractivity contribution in [3.8, 4) is 0 Å². The van der Waals surface area contributed by atoms with E-state index in [1.807, 2.05) is 6.92 Å². The summed E-state index contributed by atoms with van der Waals surface area (Å²) in [5.74, 6) is 0.230. The van der Waals surface area contributed by atoms with Crippen molar-refractivity contribution in [2.24, 2.45) is 5.92 Å². The van der Waals surface area contributed by atoms with Crippen molar-refractivity contribution in [1.82, 2.24) is 10.2 Å². The minimum Gasteiger partial charge on any atom is -0.383 e. The molecule has 0 aromatic carbocycles. The standard InChI is InChI=1S/C13H22N2O3/c1-12(2)11(17)15(7-8-18-4)13(3,9-5-6-9)10(16)14-12/h9H,5-8H2,1-4H3,(H,14,16).